The van der Waals surface area contributed by atoms with Crippen LogP contribution in [0.3, 0.4) is 0 Å². The van der Waals surface area contributed by atoms with E-state index in [1.807, 2.05) is 182 Å². The van der Waals surface area contributed by atoms with Gasteiger partial charge in [0.05, 0.1) is 52.9 Å². The van der Waals surface area contributed by atoms with Crippen molar-refractivity contribution >= 4 is 0 Å². The van der Waals surface area contributed by atoms with Crippen LogP contribution in [0.4, 0.5) is 0 Å². The quantitative estimate of drug-likeness (QED) is 0.0668. The molecule has 1 N–H and O–H groups in total. The molecule has 0 unspecified atom stereocenters. The van der Waals surface area contributed by atoms with Crippen molar-refractivity contribution in [3.63, 3.8) is 0 Å². The second kappa shape index (κ2) is 25.1. The van der Waals surface area contributed by atoms with Crippen LogP contribution < -0.4 is 0 Å². The maximum atomic E-state index is 12.1. The predicted molar refractivity (Wildman–Crippen MR) is 247 cm³/mol. The lowest BCUT2D eigenvalue weighted by atomic mass is 9.97. The van der Waals surface area contributed by atoms with Crippen molar-refractivity contribution < 1.29 is 52.5 Å². The summed E-state index contributed by atoms with van der Waals surface area (Å²) in [5, 5.41) is 12.1. The molecule has 0 radical (unpaired) electrons. The van der Waals surface area contributed by atoms with Crippen molar-refractivity contribution in [3.05, 3.63) is 215 Å². The zero-order valence-electron chi connectivity index (χ0n) is 37.3. The third-order valence-electron chi connectivity index (χ3n) is 11.7. The Labute approximate surface area is 388 Å². The summed E-state index contributed by atoms with van der Waals surface area (Å²) < 4.78 is 66.2. The topological polar surface area (TPSA) is 113 Å². The van der Waals surface area contributed by atoms with Crippen molar-refractivity contribution in [2.24, 2.45) is 0 Å². The first-order chi connectivity index (χ1) is 32.6. The van der Waals surface area contributed by atoms with Crippen molar-refractivity contribution in [3.8, 4) is 0 Å². The summed E-state index contributed by atoms with van der Waals surface area (Å²) in [6.45, 7) is 1.65. The Kier molecular flexibility index (Phi) is 18.0. The molecule has 0 saturated carbocycles. The third kappa shape index (κ3) is 13.5. The number of hydrogen-bond acceptors (Lipinski definition) is 11. The third-order valence-corrected chi connectivity index (χ3v) is 11.7. The van der Waals surface area contributed by atoms with E-state index in [9.17, 15) is 5.11 Å². The van der Waals surface area contributed by atoms with Crippen LogP contribution in [0, 0.1) is 0 Å². The molecule has 0 spiro atoms. The van der Waals surface area contributed by atoms with E-state index in [4.69, 9.17) is 47.4 Å². The monoisotopic (exact) mass is 896 g/mol. The Morgan fingerprint density at radius 2 is 0.682 bits per heavy atom. The molecule has 2 heterocycles. The molecule has 11 heteroatoms. The number of hydrogen-bond donors (Lipinski definition) is 1. The number of methoxy groups -OCH3 is 1. The van der Waals surface area contributed by atoms with E-state index >= 15 is 0 Å². The summed E-state index contributed by atoms with van der Waals surface area (Å²) in [5.41, 5.74) is 5.84. The van der Waals surface area contributed by atoms with Crippen LogP contribution in [0.5, 0.6) is 0 Å². The van der Waals surface area contributed by atoms with Crippen molar-refractivity contribution in [1.29, 1.82) is 0 Å². The molecule has 6 aromatic rings. The van der Waals surface area contributed by atoms with Gasteiger partial charge in [0, 0.05) is 7.11 Å². The minimum absolute atomic E-state index is 0.0368. The lowest BCUT2D eigenvalue weighted by Crippen LogP contribution is -2.63. The highest BCUT2D eigenvalue weighted by Crippen LogP contribution is 2.34. The zero-order valence-corrected chi connectivity index (χ0v) is 37.3. The van der Waals surface area contributed by atoms with E-state index in [2.05, 4.69) is 0 Å². The SMILES string of the molecule is CO[C@H]1O[C@H](CO[C@H]2O[C@H](COCc3ccccc3)[C@H](O)[C@H](OCc3ccccc3)[C@H]2OCc2ccccc2)[C@@H](OCc2ccccc2)[C@H](OCc2ccccc2)[C@H]1OCc1ccccc1. The number of aliphatic hydroxyl groups is 1. The van der Waals surface area contributed by atoms with Gasteiger partial charge in [-0.2, -0.15) is 0 Å². The molecule has 8 rings (SSSR count). The second-order valence-electron chi connectivity index (χ2n) is 16.5. The van der Waals surface area contributed by atoms with Gasteiger partial charge in [-0.05, 0) is 33.4 Å². The van der Waals surface area contributed by atoms with Gasteiger partial charge in [-0.25, -0.2) is 0 Å². The highest BCUT2D eigenvalue weighted by Gasteiger charge is 2.51. The van der Waals surface area contributed by atoms with E-state index in [0.29, 0.717) is 13.2 Å². The lowest BCUT2D eigenvalue weighted by molar-refractivity contribution is -0.348. The first kappa shape index (κ1) is 47.4. The predicted octanol–water partition coefficient (Wildman–Crippen LogP) is 8.60. The van der Waals surface area contributed by atoms with Crippen molar-refractivity contribution in [2.45, 2.75) is 101 Å². The van der Waals surface area contributed by atoms with Crippen LogP contribution in [-0.2, 0) is 87.0 Å². The van der Waals surface area contributed by atoms with Gasteiger partial charge in [-0.1, -0.05) is 182 Å². The summed E-state index contributed by atoms with van der Waals surface area (Å²) in [7, 11) is 1.59. The highest BCUT2D eigenvalue weighted by molar-refractivity contribution is 5.18. The molecule has 11 nitrogen and oxygen atoms in total. The molecule has 10 atom stereocenters. The molecule has 0 aromatic heterocycles. The number of ether oxygens (including phenoxy) is 10. The normalized spacial score (nSPS) is 25.4. The average molecular weight is 897 g/mol. The van der Waals surface area contributed by atoms with Crippen LogP contribution >= 0.6 is 0 Å². The van der Waals surface area contributed by atoms with Crippen molar-refractivity contribution in [2.75, 3.05) is 20.3 Å². The summed E-state index contributed by atoms with van der Waals surface area (Å²) in [4.78, 5) is 0. The van der Waals surface area contributed by atoms with Crippen LogP contribution in [0.25, 0.3) is 0 Å². The zero-order chi connectivity index (χ0) is 45.2. The van der Waals surface area contributed by atoms with Crippen LogP contribution in [0.15, 0.2) is 182 Å². The smallest absolute Gasteiger partial charge is 0.187 e. The van der Waals surface area contributed by atoms with Gasteiger partial charge in [-0.15, -0.1) is 0 Å². The summed E-state index contributed by atoms with van der Waals surface area (Å²) >= 11 is 0. The fraction of sp³-hybridized carbons (Fsp3) is 0.345. The molecular formula is C55H60O11. The van der Waals surface area contributed by atoms with Crippen LogP contribution in [0.2, 0.25) is 0 Å². The van der Waals surface area contributed by atoms with Gasteiger partial charge in [-0.3, -0.25) is 0 Å². The molecule has 6 aromatic carbocycles. The highest BCUT2D eigenvalue weighted by atomic mass is 16.7. The van der Waals surface area contributed by atoms with Crippen LogP contribution in [0.1, 0.15) is 33.4 Å². The summed E-state index contributed by atoms with van der Waals surface area (Å²) in [6, 6.07) is 59.4. The molecule has 0 aliphatic carbocycles. The molecule has 346 valence electrons. The lowest BCUT2D eigenvalue weighted by Gasteiger charge is -2.47. The van der Waals surface area contributed by atoms with E-state index in [1.54, 1.807) is 7.11 Å². The number of rotatable bonds is 23. The average Bonchev–Trinajstić information content (AvgIpc) is 3.38. The van der Waals surface area contributed by atoms with Gasteiger partial charge in [0.1, 0.15) is 48.8 Å². The van der Waals surface area contributed by atoms with Gasteiger partial charge in [0.15, 0.2) is 12.6 Å². The molecule has 2 aliphatic rings. The van der Waals surface area contributed by atoms with E-state index < -0.39 is 61.4 Å². The number of benzene rings is 6. The summed E-state index contributed by atoms with van der Waals surface area (Å²) in [5.74, 6) is 0. The Bertz CT molecular complexity index is 2220. The second-order valence-corrected chi connectivity index (χ2v) is 16.5. The van der Waals surface area contributed by atoms with E-state index in [1.165, 1.54) is 0 Å². The fourth-order valence-electron chi connectivity index (χ4n) is 8.19. The molecule has 2 aliphatic heterocycles. The minimum Gasteiger partial charge on any atom is -0.387 e. The number of aliphatic hydroxyl groups excluding tert-OH is 1. The molecule has 0 bridgehead atoms. The van der Waals surface area contributed by atoms with Crippen LogP contribution in [-0.4, -0.2) is 86.8 Å². The van der Waals surface area contributed by atoms with Crippen molar-refractivity contribution in [1.82, 2.24) is 0 Å². The first-order valence-electron chi connectivity index (χ1n) is 22.6. The molecule has 2 saturated heterocycles. The van der Waals surface area contributed by atoms with E-state index in [-0.39, 0.29) is 39.6 Å². The Balaban J connectivity index is 1.09. The first-order valence-corrected chi connectivity index (χ1v) is 22.6. The van der Waals surface area contributed by atoms with E-state index in [0.717, 1.165) is 33.4 Å². The molecule has 66 heavy (non-hydrogen) atoms. The van der Waals surface area contributed by atoms with Gasteiger partial charge in [0.2, 0.25) is 0 Å². The van der Waals surface area contributed by atoms with Gasteiger partial charge >= 0.3 is 0 Å². The standard InChI is InChI=1S/C55H60O11/c1-57-54-53(63-37-45-30-18-7-19-31-45)51(61-35-43-26-14-5-15-27-43)49(59-33-41-22-10-3-11-23-41)47(66-54)39-64-55-52(62-36-44-28-16-6-17-29-44)50(60-34-42-24-12-4-13-25-42)48(56)46(65-55)38-58-32-40-20-8-2-9-21-40/h2-31,46-56H,32-39H2,1H3/t46-,47-,48+,49-,50+,51+,52-,53-,54+,55+/m1/s1. The maximum Gasteiger partial charge on any atom is 0.187 e. The van der Waals surface area contributed by atoms with Gasteiger partial charge in [0.25, 0.3) is 0 Å². The Morgan fingerprint density at radius 1 is 0.348 bits per heavy atom. The molecule has 0 amide bonds. The Morgan fingerprint density at radius 3 is 1.09 bits per heavy atom. The molecule has 2 fully saturated rings. The van der Waals surface area contributed by atoms with Gasteiger partial charge < -0.3 is 52.5 Å². The minimum atomic E-state index is -1.13. The fourth-order valence-corrected chi connectivity index (χ4v) is 8.19. The Hall–Kier alpha value is -5.12. The molecular weight excluding hydrogens is 837 g/mol. The maximum absolute atomic E-state index is 12.1. The largest absolute Gasteiger partial charge is 0.387 e. The summed E-state index contributed by atoms with van der Waals surface area (Å²) in [6.07, 6.45) is -8.46.